The fourth-order valence-electron chi connectivity index (χ4n) is 4.15. The molecule has 0 aliphatic carbocycles. The normalized spacial score (nSPS) is 11.5. The average molecular weight is 575 g/mol. The molecule has 0 saturated carbocycles. The Hall–Kier alpha value is -3.93. The van der Waals surface area contributed by atoms with Crippen molar-refractivity contribution in [3.63, 3.8) is 0 Å². The molecule has 0 aliphatic rings. The first-order valence-electron chi connectivity index (χ1n) is 11.3. The van der Waals surface area contributed by atoms with Gasteiger partial charge in [-0.25, -0.2) is 13.2 Å². The molecule has 0 fully saturated rings. The van der Waals surface area contributed by atoms with Crippen LogP contribution in [0.3, 0.4) is 0 Å². The Kier molecular flexibility index (Phi) is 7.06. The maximum atomic E-state index is 14.5. The number of halogens is 8. The summed E-state index contributed by atoms with van der Waals surface area (Å²) < 4.78 is 84.9. The molecule has 2 nitrogen and oxygen atoms in total. The van der Waals surface area contributed by atoms with Crippen molar-refractivity contribution in [2.75, 3.05) is 0 Å². The minimum Gasteiger partial charge on any atom is -0.259 e. The van der Waals surface area contributed by atoms with Gasteiger partial charge in [-0.15, -0.1) is 0 Å². The van der Waals surface area contributed by atoms with E-state index in [1.165, 1.54) is 12.1 Å². The third-order valence-electron chi connectivity index (χ3n) is 5.90. The minimum atomic E-state index is -4.73. The molecule has 5 aromatic rings. The van der Waals surface area contributed by atoms with Crippen LogP contribution in [0.5, 0.6) is 0 Å². The van der Waals surface area contributed by atoms with Crippen LogP contribution in [-0.4, -0.2) is 9.78 Å². The number of aromatic nitrogens is 2. The molecule has 196 valence electrons. The average Bonchev–Trinajstić information content (AvgIpc) is 3.23. The zero-order chi connectivity index (χ0) is 27.9. The monoisotopic (exact) mass is 574 g/mol. The van der Waals surface area contributed by atoms with Crippen molar-refractivity contribution in [1.82, 2.24) is 9.78 Å². The summed E-state index contributed by atoms with van der Waals surface area (Å²) in [6, 6.07) is 15.9. The Labute approximate surface area is 228 Å². The molecule has 0 bridgehead atoms. The van der Waals surface area contributed by atoms with Gasteiger partial charge in [-0.1, -0.05) is 59.3 Å². The SMILES string of the molecule is Fc1cc(F)c(Cn2nc3c(C(F)(F)F)cccc3c2-c2cccc(C#Cc3ccc(Cl)cc3Cl)c2)c(F)c1. The zero-order valence-corrected chi connectivity index (χ0v) is 21.1. The molecule has 0 aliphatic heterocycles. The fraction of sp³-hybridized carbons (Fsp3) is 0.0690. The first-order chi connectivity index (χ1) is 18.5. The molecule has 0 atom stereocenters. The molecule has 4 aromatic carbocycles. The van der Waals surface area contributed by atoms with Gasteiger partial charge < -0.3 is 0 Å². The van der Waals surface area contributed by atoms with Crippen LogP contribution in [0.4, 0.5) is 26.3 Å². The molecule has 5 rings (SSSR count). The zero-order valence-electron chi connectivity index (χ0n) is 19.6. The lowest BCUT2D eigenvalue weighted by molar-refractivity contribution is -0.136. The van der Waals surface area contributed by atoms with E-state index < -0.39 is 46.8 Å². The molecular formula is C29H14Cl2F6N2. The summed E-state index contributed by atoms with van der Waals surface area (Å²) in [6.07, 6.45) is -4.73. The molecule has 0 N–H and O–H groups in total. The van der Waals surface area contributed by atoms with E-state index in [0.29, 0.717) is 38.9 Å². The molecule has 1 heterocycles. The van der Waals surface area contributed by atoms with Crippen LogP contribution in [0.25, 0.3) is 22.2 Å². The number of rotatable bonds is 3. The molecule has 1 aromatic heterocycles. The van der Waals surface area contributed by atoms with E-state index in [1.807, 2.05) is 0 Å². The Morgan fingerprint density at radius 3 is 2.23 bits per heavy atom. The molecular weight excluding hydrogens is 561 g/mol. The minimum absolute atomic E-state index is 0.110. The standard InChI is InChI=1S/C29H14Cl2F6N2/c30-19-10-9-17(24(31)12-19)8-7-16-3-1-4-18(11-16)28-21-5-2-6-23(29(35,36)37)27(21)38-39(28)15-22-25(33)13-20(32)14-26(22)34/h1-6,9-14H,15H2. The molecule has 0 amide bonds. The highest BCUT2D eigenvalue weighted by Crippen LogP contribution is 2.38. The lowest BCUT2D eigenvalue weighted by Gasteiger charge is -2.11. The van der Waals surface area contributed by atoms with Crippen LogP contribution in [0, 0.1) is 29.3 Å². The third kappa shape index (κ3) is 5.47. The smallest absolute Gasteiger partial charge is 0.259 e. The van der Waals surface area contributed by atoms with E-state index in [2.05, 4.69) is 16.9 Å². The summed E-state index contributed by atoms with van der Waals surface area (Å²) >= 11 is 12.1. The van der Waals surface area contributed by atoms with Gasteiger partial charge in [0.25, 0.3) is 0 Å². The van der Waals surface area contributed by atoms with Gasteiger partial charge >= 0.3 is 6.18 Å². The highest BCUT2D eigenvalue weighted by Gasteiger charge is 2.34. The van der Waals surface area contributed by atoms with Gasteiger partial charge in [0, 0.05) is 44.8 Å². The maximum Gasteiger partial charge on any atom is 0.418 e. The summed E-state index contributed by atoms with van der Waals surface area (Å²) in [4.78, 5) is 0. The summed E-state index contributed by atoms with van der Waals surface area (Å²) in [5.41, 5.74) is -0.376. The molecule has 10 heteroatoms. The lowest BCUT2D eigenvalue weighted by Crippen LogP contribution is -2.09. The molecule has 0 saturated heterocycles. The first kappa shape index (κ1) is 26.7. The van der Waals surface area contributed by atoms with Gasteiger partial charge in [0.2, 0.25) is 0 Å². The van der Waals surface area contributed by atoms with E-state index in [1.54, 1.807) is 42.5 Å². The van der Waals surface area contributed by atoms with Crippen molar-refractivity contribution in [2.24, 2.45) is 0 Å². The van der Waals surface area contributed by atoms with Gasteiger partial charge in [-0.3, -0.25) is 4.68 Å². The van der Waals surface area contributed by atoms with E-state index in [9.17, 15) is 26.3 Å². The Bertz CT molecular complexity index is 1770. The van der Waals surface area contributed by atoms with Crippen LogP contribution in [0.15, 0.2) is 72.8 Å². The van der Waals surface area contributed by atoms with Crippen LogP contribution >= 0.6 is 23.2 Å². The van der Waals surface area contributed by atoms with Gasteiger partial charge in [0.1, 0.15) is 23.0 Å². The van der Waals surface area contributed by atoms with Crippen LogP contribution in [-0.2, 0) is 12.7 Å². The first-order valence-corrected chi connectivity index (χ1v) is 12.0. The third-order valence-corrected chi connectivity index (χ3v) is 6.45. The van der Waals surface area contributed by atoms with Crippen LogP contribution in [0.1, 0.15) is 22.3 Å². The number of hydrogen-bond donors (Lipinski definition) is 0. The van der Waals surface area contributed by atoms with Crippen molar-refractivity contribution in [3.05, 3.63) is 123 Å². The van der Waals surface area contributed by atoms with Gasteiger partial charge in [-0.05, 0) is 36.4 Å². The Morgan fingerprint density at radius 2 is 1.54 bits per heavy atom. The predicted octanol–water partition coefficient (Wildman–Crippen LogP) is 8.89. The lowest BCUT2D eigenvalue weighted by atomic mass is 10.0. The second-order valence-corrected chi connectivity index (χ2v) is 9.35. The predicted molar refractivity (Wildman–Crippen MR) is 138 cm³/mol. The van der Waals surface area contributed by atoms with Crippen LogP contribution in [0.2, 0.25) is 10.0 Å². The van der Waals surface area contributed by atoms with Crippen molar-refractivity contribution in [1.29, 1.82) is 0 Å². The van der Waals surface area contributed by atoms with Crippen molar-refractivity contribution < 1.29 is 26.3 Å². The summed E-state index contributed by atoms with van der Waals surface area (Å²) in [5, 5.41) is 5.00. The Balaban J connectivity index is 1.68. The van der Waals surface area contributed by atoms with Gasteiger partial charge in [0.05, 0.1) is 22.8 Å². The van der Waals surface area contributed by atoms with E-state index in [0.717, 1.165) is 10.7 Å². The number of alkyl halides is 3. The molecule has 0 radical (unpaired) electrons. The topological polar surface area (TPSA) is 17.8 Å². The second-order valence-electron chi connectivity index (χ2n) is 8.51. The number of benzene rings is 4. The van der Waals surface area contributed by atoms with E-state index >= 15 is 0 Å². The second kappa shape index (κ2) is 10.3. The van der Waals surface area contributed by atoms with E-state index in [-0.39, 0.29) is 11.1 Å². The molecule has 39 heavy (non-hydrogen) atoms. The Morgan fingerprint density at radius 1 is 0.821 bits per heavy atom. The highest BCUT2D eigenvalue weighted by molar-refractivity contribution is 6.35. The molecule has 0 spiro atoms. The number of hydrogen-bond acceptors (Lipinski definition) is 1. The molecule has 0 unspecified atom stereocenters. The van der Waals surface area contributed by atoms with E-state index in [4.69, 9.17) is 23.2 Å². The van der Waals surface area contributed by atoms with Gasteiger partial charge in [0.15, 0.2) is 0 Å². The van der Waals surface area contributed by atoms with Crippen LogP contribution < -0.4 is 0 Å². The summed E-state index contributed by atoms with van der Waals surface area (Å²) in [7, 11) is 0. The van der Waals surface area contributed by atoms with Gasteiger partial charge in [-0.2, -0.15) is 18.3 Å². The summed E-state index contributed by atoms with van der Waals surface area (Å²) in [5.74, 6) is 2.38. The number of fused-ring (bicyclic) bond motifs is 1. The highest BCUT2D eigenvalue weighted by atomic mass is 35.5. The number of nitrogens with zero attached hydrogens (tertiary/aromatic N) is 2. The van der Waals surface area contributed by atoms with Crippen molar-refractivity contribution in [2.45, 2.75) is 12.7 Å². The maximum absolute atomic E-state index is 14.5. The quantitative estimate of drug-likeness (QED) is 0.155. The van der Waals surface area contributed by atoms with Crippen molar-refractivity contribution >= 4 is 34.1 Å². The fourth-order valence-corrected chi connectivity index (χ4v) is 4.60. The van der Waals surface area contributed by atoms with Crippen molar-refractivity contribution in [3.8, 4) is 23.1 Å². The summed E-state index contributed by atoms with van der Waals surface area (Å²) in [6.45, 7) is -0.588. The largest absolute Gasteiger partial charge is 0.418 e.